The number of likely N-dealkylation sites (tertiary alicyclic amines) is 1. The first-order valence-corrected chi connectivity index (χ1v) is 6.02. The van der Waals surface area contributed by atoms with Crippen LogP contribution in [-0.4, -0.2) is 23.9 Å². The Morgan fingerprint density at radius 3 is 2.41 bits per heavy atom. The highest BCUT2D eigenvalue weighted by molar-refractivity contribution is 5.74. The van der Waals surface area contributed by atoms with Crippen LogP contribution in [0.15, 0.2) is 30.3 Å². The van der Waals surface area contributed by atoms with Gasteiger partial charge in [-0.2, -0.15) is 0 Å². The van der Waals surface area contributed by atoms with Crippen LogP contribution < -0.4 is 5.32 Å². The lowest BCUT2D eigenvalue weighted by molar-refractivity contribution is -0.121. The average molecular weight is 231 g/mol. The minimum absolute atomic E-state index is 0.0337. The predicted octanol–water partition coefficient (Wildman–Crippen LogP) is 1.91. The van der Waals surface area contributed by atoms with Crippen LogP contribution in [0.2, 0.25) is 0 Å². The van der Waals surface area contributed by atoms with Gasteiger partial charge in [-0.25, -0.2) is 0 Å². The molecule has 0 spiro atoms. The molecule has 2 rings (SSSR count). The SMILES string of the molecule is [CH2-]N1CCC(NC(C)=O)(c2ccccc2)CC1. The van der Waals surface area contributed by atoms with Gasteiger partial charge in [-0.15, -0.1) is 0 Å². The number of piperidine rings is 1. The van der Waals surface area contributed by atoms with Gasteiger partial charge in [0.2, 0.25) is 5.91 Å². The standard InChI is InChI=1S/C14H19N2O/c1-12(17)15-14(8-10-16(2)11-9-14)13-6-4-3-5-7-13/h3-7H,2,8-11H2,1H3,(H,15,17)/q-1. The highest BCUT2D eigenvalue weighted by atomic mass is 16.1. The second kappa shape index (κ2) is 4.88. The monoisotopic (exact) mass is 231 g/mol. The first-order chi connectivity index (χ1) is 8.12. The molecule has 1 amide bonds. The first kappa shape index (κ1) is 12.1. The number of nitrogens with zero attached hydrogens (tertiary/aromatic N) is 1. The van der Waals surface area contributed by atoms with Crippen molar-refractivity contribution in [3.8, 4) is 0 Å². The fraction of sp³-hybridized carbons (Fsp3) is 0.429. The van der Waals surface area contributed by atoms with Crippen LogP contribution >= 0.6 is 0 Å². The zero-order chi connectivity index (χ0) is 12.3. The van der Waals surface area contributed by atoms with Gasteiger partial charge in [-0.1, -0.05) is 30.3 Å². The summed E-state index contributed by atoms with van der Waals surface area (Å²) in [5.74, 6) is 0.0337. The van der Waals surface area contributed by atoms with Crippen LogP contribution in [0.4, 0.5) is 0 Å². The zero-order valence-electron chi connectivity index (χ0n) is 10.3. The summed E-state index contributed by atoms with van der Waals surface area (Å²) in [5.41, 5.74) is 0.990. The van der Waals surface area contributed by atoms with Crippen LogP contribution in [0.5, 0.6) is 0 Å². The lowest BCUT2D eigenvalue weighted by atomic mass is 9.81. The summed E-state index contributed by atoms with van der Waals surface area (Å²) in [4.78, 5) is 13.5. The number of nitrogens with one attached hydrogen (secondary N) is 1. The van der Waals surface area contributed by atoms with Gasteiger partial charge in [0, 0.05) is 6.92 Å². The highest BCUT2D eigenvalue weighted by Crippen LogP contribution is 2.32. The minimum atomic E-state index is -0.207. The van der Waals surface area contributed by atoms with Crippen molar-refractivity contribution in [1.82, 2.24) is 10.2 Å². The average Bonchev–Trinajstić information content (AvgIpc) is 2.33. The molecule has 1 aliphatic rings. The Kier molecular flexibility index (Phi) is 3.48. The number of amides is 1. The number of benzene rings is 1. The molecule has 92 valence electrons. The van der Waals surface area contributed by atoms with Gasteiger partial charge in [-0.3, -0.25) is 11.8 Å². The first-order valence-electron chi connectivity index (χ1n) is 6.02. The van der Waals surface area contributed by atoms with E-state index in [2.05, 4.69) is 29.4 Å². The number of carbonyl (C=O) groups is 1. The van der Waals surface area contributed by atoms with Crippen LogP contribution in [0, 0.1) is 7.05 Å². The molecule has 0 aromatic heterocycles. The zero-order valence-corrected chi connectivity index (χ0v) is 10.3. The third-order valence-electron chi connectivity index (χ3n) is 3.45. The van der Waals surface area contributed by atoms with E-state index in [1.54, 1.807) is 6.92 Å². The molecule has 1 aliphatic heterocycles. The Labute approximate surface area is 103 Å². The fourth-order valence-corrected chi connectivity index (χ4v) is 2.51. The van der Waals surface area contributed by atoms with Gasteiger partial charge < -0.3 is 10.2 Å². The summed E-state index contributed by atoms with van der Waals surface area (Å²) in [6.45, 7) is 3.41. The number of hydrogen-bond donors (Lipinski definition) is 1. The fourth-order valence-electron chi connectivity index (χ4n) is 2.51. The van der Waals surface area contributed by atoms with Gasteiger partial charge in [0.25, 0.3) is 0 Å². The molecular weight excluding hydrogens is 212 g/mol. The lowest BCUT2D eigenvalue weighted by Gasteiger charge is -2.44. The molecule has 1 aromatic rings. The number of hydrogen-bond acceptors (Lipinski definition) is 2. The summed E-state index contributed by atoms with van der Waals surface area (Å²) >= 11 is 0. The molecule has 1 aromatic carbocycles. The van der Waals surface area contributed by atoms with Crippen LogP contribution in [-0.2, 0) is 10.3 Å². The molecule has 1 N–H and O–H groups in total. The third kappa shape index (κ3) is 2.67. The second-order valence-electron chi connectivity index (χ2n) is 4.75. The molecule has 3 nitrogen and oxygen atoms in total. The van der Waals surface area contributed by atoms with Crippen molar-refractivity contribution in [1.29, 1.82) is 0 Å². The normalized spacial score (nSPS) is 19.9. The molecule has 0 unspecified atom stereocenters. The van der Waals surface area contributed by atoms with Crippen LogP contribution in [0.25, 0.3) is 0 Å². The van der Waals surface area contributed by atoms with E-state index < -0.39 is 0 Å². The van der Waals surface area contributed by atoms with Gasteiger partial charge in [0.05, 0.1) is 5.54 Å². The number of carbonyl (C=O) groups excluding carboxylic acids is 1. The van der Waals surface area contributed by atoms with Gasteiger partial charge in [0.15, 0.2) is 0 Å². The van der Waals surface area contributed by atoms with Gasteiger partial charge >= 0.3 is 0 Å². The Balaban J connectivity index is 2.27. The summed E-state index contributed by atoms with van der Waals surface area (Å²) < 4.78 is 0. The van der Waals surface area contributed by atoms with Crippen molar-refractivity contribution in [3.05, 3.63) is 42.9 Å². The Hall–Kier alpha value is -1.35. The van der Waals surface area contributed by atoms with E-state index in [0.29, 0.717) is 0 Å². The van der Waals surface area contributed by atoms with E-state index in [4.69, 9.17) is 0 Å². The lowest BCUT2D eigenvalue weighted by Crippen LogP contribution is -2.51. The second-order valence-corrected chi connectivity index (χ2v) is 4.75. The summed E-state index contributed by atoms with van der Waals surface area (Å²) in [7, 11) is 3.96. The molecule has 0 atom stereocenters. The molecule has 0 saturated carbocycles. The molecule has 0 aliphatic carbocycles. The van der Waals surface area contributed by atoms with Crippen molar-refractivity contribution in [3.63, 3.8) is 0 Å². The van der Waals surface area contributed by atoms with Gasteiger partial charge in [-0.05, 0) is 31.5 Å². The predicted molar refractivity (Wildman–Crippen MR) is 68.1 cm³/mol. The van der Waals surface area contributed by atoms with E-state index >= 15 is 0 Å². The van der Waals surface area contributed by atoms with E-state index in [1.807, 2.05) is 18.2 Å². The van der Waals surface area contributed by atoms with E-state index in [0.717, 1.165) is 25.9 Å². The van der Waals surface area contributed by atoms with Gasteiger partial charge in [0.1, 0.15) is 0 Å². The van der Waals surface area contributed by atoms with Crippen LogP contribution in [0.1, 0.15) is 25.3 Å². The molecule has 3 heteroatoms. The van der Waals surface area contributed by atoms with Crippen molar-refractivity contribution in [2.24, 2.45) is 0 Å². The quantitative estimate of drug-likeness (QED) is 0.788. The van der Waals surface area contributed by atoms with Crippen molar-refractivity contribution >= 4 is 5.91 Å². The minimum Gasteiger partial charge on any atom is -0.459 e. The summed E-state index contributed by atoms with van der Waals surface area (Å²) in [6.07, 6.45) is 1.83. The largest absolute Gasteiger partial charge is 0.459 e. The third-order valence-corrected chi connectivity index (χ3v) is 3.45. The van der Waals surface area contributed by atoms with E-state index in [1.165, 1.54) is 5.56 Å². The van der Waals surface area contributed by atoms with Crippen molar-refractivity contribution in [2.75, 3.05) is 13.1 Å². The highest BCUT2D eigenvalue weighted by Gasteiger charge is 2.34. The summed E-state index contributed by atoms with van der Waals surface area (Å²) in [6, 6.07) is 10.2. The van der Waals surface area contributed by atoms with Crippen molar-refractivity contribution < 1.29 is 4.79 Å². The number of rotatable bonds is 2. The topological polar surface area (TPSA) is 32.3 Å². The maximum absolute atomic E-state index is 11.4. The smallest absolute Gasteiger partial charge is 0.217 e. The van der Waals surface area contributed by atoms with Crippen molar-refractivity contribution in [2.45, 2.75) is 25.3 Å². The summed E-state index contributed by atoms with van der Waals surface area (Å²) in [5, 5.41) is 3.14. The molecule has 1 heterocycles. The molecular formula is C14H19N2O-. The Morgan fingerprint density at radius 1 is 1.29 bits per heavy atom. The van der Waals surface area contributed by atoms with E-state index in [-0.39, 0.29) is 11.4 Å². The maximum Gasteiger partial charge on any atom is 0.217 e. The molecule has 0 radical (unpaired) electrons. The molecule has 0 bridgehead atoms. The molecule has 1 fully saturated rings. The Morgan fingerprint density at radius 2 is 1.88 bits per heavy atom. The van der Waals surface area contributed by atoms with E-state index in [9.17, 15) is 4.79 Å². The Bertz CT molecular complexity index is 380. The molecule has 1 saturated heterocycles. The van der Waals surface area contributed by atoms with Crippen LogP contribution in [0.3, 0.4) is 0 Å². The maximum atomic E-state index is 11.4. The molecule has 17 heavy (non-hydrogen) atoms.